The second-order valence-electron chi connectivity index (χ2n) is 6.45. The molecule has 2 N–H and O–H groups in total. The van der Waals surface area contributed by atoms with E-state index in [0.29, 0.717) is 6.54 Å². The molecule has 5 heteroatoms. The van der Waals surface area contributed by atoms with E-state index >= 15 is 0 Å². The summed E-state index contributed by atoms with van der Waals surface area (Å²) in [5, 5.41) is 14.6. The zero-order valence-corrected chi connectivity index (χ0v) is 15.3. The van der Waals surface area contributed by atoms with E-state index in [1.807, 2.05) is 38.1 Å². The lowest BCUT2D eigenvalue weighted by Crippen LogP contribution is -2.42. The fourth-order valence-electron chi connectivity index (χ4n) is 2.15. The van der Waals surface area contributed by atoms with Crippen LogP contribution in [0.15, 0.2) is 24.3 Å². The van der Waals surface area contributed by atoms with Crippen LogP contribution in [0.4, 0.5) is 0 Å². The number of hydrogen-bond acceptors (Lipinski definition) is 5. The predicted octanol–water partition coefficient (Wildman–Crippen LogP) is 3.33. The molecule has 0 aliphatic carbocycles. The average molecular weight is 334 g/mol. The first-order chi connectivity index (χ1) is 10.8. The number of rotatable bonds is 7. The van der Waals surface area contributed by atoms with Gasteiger partial charge < -0.3 is 15.2 Å². The highest BCUT2D eigenvalue weighted by molar-refractivity contribution is 7.11. The molecular formula is C18H26N2O2S. The number of aliphatic hydroxyl groups is 1. The molecule has 4 nitrogen and oxygen atoms in total. The maximum absolute atomic E-state index is 10.1. The van der Waals surface area contributed by atoms with Crippen LogP contribution in [0.2, 0.25) is 0 Å². The van der Waals surface area contributed by atoms with Crippen LogP contribution in [-0.2, 0) is 5.54 Å². The first-order valence-corrected chi connectivity index (χ1v) is 8.66. The van der Waals surface area contributed by atoms with Crippen LogP contribution in [0.25, 0.3) is 0 Å². The summed E-state index contributed by atoms with van der Waals surface area (Å²) in [5.41, 5.74) is 1.95. The van der Waals surface area contributed by atoms with E-state index in [9.17, 15) is 5.11 Å². The molecular weight excluding hydrogens is 308 g/mol. The van der Waals surface area contributed by atoms with Crippen LogP contribution in [0.5, 0.6) is 5.75 Å². The van der Waals surface area contributed by atoms with E-state index in [1.165, 1.54) is 4.88 Å². The first kappa shape index (κ1) is 17.9. The largest absolute Gasteiger partial charge is 0.491 e. The lowest BCUT2D eigenvalue weighted by molar-refractivity contribution is 0.0987. The van der Waals surface area contributed by atoms with Gasteiger partial charge in [-0.3, -0.25) is 0 Å². The maximum Gasteiger partial charge on any atom is 0.119 e. The van der Waals surface area contributed by atoms with Gasteiger partial charge >= 0.3 is 0 Å². The lowest BCUT2D eigenvalue weighted by Gasteiger charge is -2.25. The molecule has 0 aliphatic rings. The zero-order valence-electron chi connectivity index (χ0n) is 14.5. The topological polar surface area (TPSA) is 54.4 Å². The van der Waals surface area contributed by atoms with Gasteiger partial charge in [-0.25, -0.2) is 4.98 Å². The van der Waals surface area contributed by atoms with E-state index in [1.54, 1.807) is 11.3 Å². The van der Waals surface area contributed by atoms with Crippen LogP contribution < -0.4 is 10.1 Å². The first-order valence-electron chi connectivity index (χ1n) is 7.85. The standard InChI is InChI=1S/C18H26N2O2S/c1-12-7-6-8-16(9-12)22-11-15(21)10-19-18(4,5)17-20-13(2)14(3)23-17/h6-9,15,19,21H,10-11H2,1-5H3. The van der Waals surface area contributed by atoms with Crippen molar-refractivity contribution in [3.05, 3.63) is 45.4 Å². The van der Waals surface area contributed by atoms with E-state index in [-0.39, 0.29) is 12.1 Å². The van der Waals surface area contributed by atoms with Crippen molar-refractivity contribution in [2.45, 2.75) is 46.3 Å². The Morgan fingerprint density at radius 3 is 2.65 bits per heavy atom. The summed E-state index contributed by atoms with van der Waals surface area (Å²) in [4.78, 5) is 5.84. The Labute approximate surface area is 142 Å². The Kier molecular flexibility index (Phi) is 5.79. The third-order valence-corrected chi connectivity index (χ3v) is 5.17. The molecule has 2 rings (SSSR count). The van der Waals surface area contributed by atoms with Crippen LogP contribution in [0.1, 0.15) is 35.0 Å². The molecule has 0 amide bonds. The van der Waals surface area contributed by atoms with Gasteiger partial charge in [0.2, 0.25) is 0 Å². The highest BCUT2D eigenvalue weighted by Gasteiger charge is 2.25. The molecule has 0 bridgehead atoms. The van der Waals surface area contributed by atoms with E-state index in [0.717, 1.165) is 22.0 Å². The highest BCUT2D eigenvalue weighted by atomic mass is 32.1. The molecule has 0 fully saturated rings. The van der Waals surface area contributed by atoms with E-state index in [4.69, 9.17) is 4.74 Å². The Balaban J connectivity index is 1.84. The minimum atomic E-state index is -0.572. The van der Waals surface area contributed by atoms with Gasteiger partial charge in [-0.2, -0.15) is 0 Å². The fraction of sp³-hybridized carbons (Fsp3) is 0.500. The van der Waals surface area contributed by atoms with Crippen LogP contribution in [0.3, 0.4) is 0 Å². The summed E-state index contributed by atoms with van der Waals surface area (Å²) in [6.07, 6.45) is -0.572. The zero-order chi connectivity index (χ0) is 17.0. The second-order valence-corrected chi connectivity index (χ2v) is 7.65. The van der Waals surface area contributed by atoms with Crippen LogP contribution >= 0.6 is 11.3 Å². The highest BCUT2D eigenvalue weighted by Crippen LogP contribution is 2.27. The van der Waals surface area contributed by atoms with E-state index in [2.05, 4.69) is 31.1 Å². The summed E-state index contributed by atoms with van der Waals surface area (Å²) < 4.78 is 5.64. The number of aromatic nitrogens is 1. The quantitative estimate of drug-likeness (QED) is 0.815. The number of thiazole rings is 1. The molecule has 1 aromatic carbocycles. The lowest BCUT2D eigenvalue weighted by atomic mass is 10.1. The Bertz CT molecular complexity index is 633. The molecule has 0 radical (unpaired) electrons. The van der Waals surface area contributed by atoms with Gasteiger partial charge in [0.25, 0.3) is 0 Å². The minimum Gasteiger partial charge on any atom is -0.491 e. The number of hydrogen-bond donors (Lipinski definition) is 2. The number of aryl methyl sites for hydroxylation is 3. The molecule has 1 unspecified atom stereocenters. The fourth-order valence-corrected chi connectivity index (χ4v) is 3.14. The Morgan fingerprint density at radius 2 is 2.04 bits per heavy atom. The third kappa shape index (κ3) is 5.03. The van der Waals surface area contributed by atoms with Crippen molar-refractivity contribution in [1.29, 1.82) is 0 Å². The second kappa shape index (κ2) is 7.43. The minimum absolute atomic E-state index is 0.266. The Hall–Kier alpha value is -1.43. The van der Waals surface area contributed by atoms with Crippen molar-refractivity contribution < 1.29 is 9.84 Å². The van der Waals surface area contributed by atoms with Crippen molar-refractivity contribution in [1.82, 2.24) is 10.3 Å². The summed E-state index contributed by atoms with van der Waals surface area (Å²) in [7, 11) is 0. The van der Waals surface area contributed by atoms with Gasteiger partial charge in [-0.05, 0) is 52.3 Å². The van der Waals surface area contributed by atoms with Gasteiger partial charge in [0.05, 0.1) is 11.2 Å². The molecule has 0 saturated heterocycles. The molecule has 1 heterocycles. The van der Waals surface area contributed by atoms with Crippen molar-refractivity contribution in [2.75, 3.05) is 13.2 Å². The van der Waals surface area contributed by atoms with Crippen molar-refractivity contribution in [3.63, 3.8) is 0 Å². The number of benzene rings is 1. The monoisotopic (exact) mass is 334 g/mol. The van der Waals surface area contributed by atoms with Gasteiger partial charge in [-0.15, -0.1) is 11.3 Å². The summed E-state index contributed by atoms with van der Waals surface area (Å²) >= 11 is 1.70. The molecule has 126 valence electrons. The number of ether oxygens (including phenoxy) is 1. The third-order valence-electron chi connectivity index (χ3n) is 3.77. The molecule has 1 aromatic heterocycles. The molecule has 2 aromatic rings. The normalized spacial score (nSPS) is 13.1. The molecule has 0 aliphatic heterocycles. The number of nitrogens with one attached hydrogen (secondary N) is 1. The van der Waals surface area contributed by atoms with Gasteiger partial charge in [0.15, 0.2) is 0 Å². The van der Waals surface area contributed by atoms with E-state index < -0.39 is 6.10 Å². The Morgan fingerprint density at radius 1 is 1.30 bits per heavy atom. The molecule has 1 atom stereocenters. The summed E-state index contributed by atoms with van der Waals surface area (Å²) in [5.74, 6) is 0.787. The predicted molar refractivity (Wildman–Crippen MR) is 95.3 cm³/mol. The molecule has 0 spiro atoms. The van der Waals surface area contributed by atoms with Crippen LogP contribution in [-0.4, -0.2) is 29.3 Å². The van der Waals surface area contributed by atoms with Gasteiger partial charge in [0, 0.05) is 11.4 Å². The summed E-state index contributed by atoms with van der Waals surface area (Å²) in [6, 6.07) is 7.83. The smallest absolute Gasteiger partial charge is 0.119 e. The van der Waals surface area contributed by atoms with Gasteiger partial charge in [-0.1, -0.05) is 12.1 Å². The number of aliphatic hydroxyl groups excluding tert-OH is 1. The van der Waals surface area contributed by atoms with Crippen LogP contribution in [0, 0.1) is 20.8 Å². The van der Waals surface area contributed by atoms with Crippen molar-refractivity contribution in [3.8, 4) is 5.75 Å². The van der Waals surface area contributed by atoms with Gasteiger partial charge in [0.1, 0.15) is 23.5 Å². The average Bonchev–Trinajstić information content (AvgIpc) is 2.84. The molecule has 0 saturated carbocycles. The summed E-state index contributed by atoms with van der Waals surface area (Å²) in [6.45, 7) is 11.0. The SMILES string of the molecule is Cc1cccc(OCC(O)CNC(C)(C)c2nc(C)c(C)s2)c1. The van der Waals surface area contributed by atoms with Crippen molar-refractivity contribution >= 4 is 11.3 Å². The molecule has 23 heavy (non-hydrogen) atoms. The number of nitrogens with zero attached hydrogens (tertiary/aromatic N) is 1. The maximum atomic E-state index is 10.1. The van der Waals surface area contributed by atoms with Crippen molar-refractivity contribution in [2.24, 2.45) is 0 Å².